The molecule has 55 heavy (non-hydrogen) atoms. The fraction of sp³-hybridized carbons (Fsp3) is 0.574. The molecule has 0 aliphatic carbocycles. The summed E-state index contributed by atoms with van der Waals surface area (Å²) >= 11 is 0. The van der Waals surface area contributed by atoms with Crippen LogP contribution in [0.2, 0.25) is 0 Å². The number of hydrogen-bond donors (Lipinski definition) is 3. The maximum absolute atomic E-state index is 12.3. The van der Waals surface area contributed by atoms with Gasteiger partial charge in [0.1, 0.15) is 0 Å². The number of unbranched alkanes of at least 4 members (excludes halogenated alkanes) is 11. The predicted molar refractivity (Wildman–Crippen MR) is 221 cm³/mol. The summed E-state index contributed by atoms with van der Waals surface area (Å²) in [5, 5.41) is 21.4. The molecule has 0 bridgehead atoms. The summed E-state index contributed by atoms with van der Waals surface area (Å²) in [6.07, 6.45) is 17.1. The number of carboxylic acid groups (broad SMARTS) is 1. The second-order valence-electron chi connectivity index (χ2n) is 15.4. The van der Waals surface area contributed by atoms with Gasteiger partial charge in [0.25, 0.3) is 0 Å². The molecular weight excluding hydrogens is 689 g/mol. The first-order valence-electron chi connectivity index (χ1n) is 21.3. The van der Waals surface area contributed by atoms with E-state index in [-0.39, 0.29) is 31.1 Å². The highest BCUT2D eigenvalue weighted by Crippen LogP contribution is 2.39. The van der Waals surface area contributed by atoms with Crippen molar-refractivity contribution in [3.63, 3.8) is 0 Å². The van der Waals surface area contributed by atoms with E-state index in [2.05, 4.69) is 72.6 Å². The zero-order valence-electron chi connectivity index (χ0n) is 33.7. The lowest BCUT2D eigenvalue weighted by Gasteiger charge is -2.38. The van der Waals surface area contributed by atoms with Gasteiger partial charge in [0, 0.05) is 37.9 Å². The number of ether oxygens (including phenoxy) is 2. The number of aliphatic hydroxyl groups excluding tert-OH is 1. The van der Waals surface area contributed by atoms with Crippen molar-refractivity contribution in [1.82, 2.24) is 10.2 Å². The quantitative estimate of drug-likeness (QED) is 0.0665. The number of carbonyl (C=O) groups excluding carboxylic acids is 1. The summed E-state index contributed by atoms with van der Waals surface area (Å²) in [7, 11) is 0. The van der Waals surface area contributed by atoms with E-state index in [1.165, 1.54) is 77.0 Å². The smallest absolute Gasteiger partial charge is 0.303 e. The van der Waals surface area contributed by atoms with Crippen LogP contribution in [0, 0.1) is 0 Å². The lowest BCUT2D eigenvalue weighted by molar-refractivity contribution is -0.253. The highest BCUT2D eigenvalue weighted by atomic mass is 16.7. The molecule has 3 aromatic carbocycles. The molecule has 1 aliphatic rings. The van der Waals surface area contributed by atoms with Crippen LogP contribution in [0.5, 0.6) is 0 Å². The first-order chi connectivity index (χ1) is 26.9. The number of aliphatic carboxylic acids is 1. The zero-order valence-corrected chi connectivity index (χ0v) is 33.7. The van der Waals surface area contributed by atoms with E-state index in [4.69, 9.17) is 14.6 Å². The van der Waals surface area contributed by atoms with Gasteiger partial charge in [-0.05, 0) is 72.7 Å². The molecule has 3 N–H and O–H groups in total. The molecule has 8 nitrogen and oxygen atoms in total. The summed E-state index contributed by atoms with van der Waals surface area (Å²) in [6.45, 7) is 8.08. The van der Waals surface area contributed by atoms with E-state index in [9.17, 15) is 14.7 Å². The Labute approximate surface area is 331 Å². The second kappa shape index (κ2) is 25.6. The summed E-state index contributed by atoms with van der Waals surface area (Å²) in [4.78, 5) is 25.7. The van der Waals surface area contributed by atoms with Crippen LogP contribution in [0.25, 0.3) is 11.1 Å². The Hall–Kier alpha value is -3.56. The molecule has 1 saturated heterocycles. The van der Waals surface area contributed by atoms with Crippen LogP contribution < -0.4 is 5.32 Å². The molecule has 1 heterocycles. The van der Waals surface area contributed by atoms with Crippen molar-refractivity contribution in [2.45, 2.75) is 155 Å². The zero-order chi connectivity index (χ0) is 39.1. The van der Waals surface area contributed by atoms with Gasteiger partial charge in [-0.3, -0.25) is 9.59 Å². The maximum atomic E-state index is 12.3. The molecule has 1 aliphatic heterocycles. The van der Waals surface area contributed by atoms with Crippen molar-refractivity contribution in [1.29, 1.82) is 0 Å². The van der Waals surface area contributed by atoms with Gasteiger partial charge in [-0.25, -0.2) is 0 Å². The summed E-state index contributed by atoms with van der Waals surface area (Å²) < 4.78 is 13.5. The number of aliphatic hydroxyl groups is 1. The van der Waals surface area contributed by atoms with Crippen molar-refractivity contribution in [3.05, 3.63) is 95.1 Å². The minimum Gasteiger partial charge on any atom is -0.481 e. The van der Waals surface area contributed by atoms with Gasteiger partial charge < -0.3 is 29.9 Å². The number of carboxylic acids is 1. The van der Waals surface area contributed by atoms with Crippen LogP contribution in [0.4, 0.5) is 0 Å². The lowest BCUT2D eigenvalue weighted by atomic mass is 9.98. The molecule has 3 aromatic rings. The molecule has 4 rings (SSSR count). The number of carbonyl (C=O) groups is 2. The van der Waals surface area contributed by atoms with Crippen LogP contribution in [0.3, 0.4) is 0 Å². The third-order valence-corrected chi connectivity index (χ3v) is 10.7. The number of nitrogens with zero attached hydrogens (tertiary/aromatic N) is 1. The Kier molecular flexibility index (Phi) is 20.5. The molecule has 8 heteroatoms. The number of nitrogens with one attached hydrogen (secondary N) is 1. The average Bonchev–Trinajstić information content (AvgIpc) is 3.21. The monoisotopic (exact) mass is 757 g/mol. The summed E-state index contributed by atoms with van der Waals surface area (Å²) in [5.41, 5.74) is 6.11. The molecule has 1 fully saturated rings. The van der Waals surface area contributed by atoms with Gasteiger partial charge >= 0.3 is 5.97 Å². The van der Waals surface area contributed by atoms with Gasteiger partial charge in [0.2, 0.25) is 5.91 Å². The maximum Gasteiger partial charge on any atom is 0.303 e. The van der Waals surface area contributed by atoms with Gasteiger partial charge in [0.15, 0.2) is 6.29 Å². The molecular formula is C47H68N2O6. The second-order valence-corrected chi connectivity index (χ2v) is 15.4. The number of hydrogen-bond acceptors (Lipinski definition) is 6. The van der Waals surface area contributed by atoms with E-state index in [1.807, 2.05) is 24.3 Å². The first-order valence-corrected chi connectivity index (χ1v) is 21.3. The van der Waals surface area contributed by atoms with Crippen LogP contribution in [0.15, 0.2) is 72.8 Å². The van der Waals surface area contributed by atoms with Gasteiger partial charge in [-0.15, -0.1) is 0 Å². The number of benzene rings is 3. The van der Waals surface area contributed by atoms with Crippen LogP contribution in [-0.4, -0.2) is 52.7 Å². The highest BCUT2D eigenvalue weighted by molar-refractivity contribution is 5.76. The van der Waals surface area contributed by atoms with Crippen molar-refractivity contribution < 1.29 is 29.3 Å². The van der Waals surface area contributed by atoms with Crippen molar-refractivity contribution in [3.8, 4) is 11.1 Å². The van der Waals surface area contributed by atoms with E-state index in [1.54, 1.807) is 0 Å². The Morgan fingerprint density at radius 2 is 1.31 bits per heavy atom. The van der Waals surface area contributed by atoms with E-state index < -0.39 is 12.3 Å². The first kappa shape index (κ1) is 44.2. The Balaban J connectivity index is 1.43. The topological polar surface area (TPSA) is 108 Å². The highest BCUT2D eigenvalue weighted by Gasteiger charge is 2.33. The molecule has 0 aromatic heterocycles. The number of rotatable bonds is 27. The molecule has 0 saturated carbocycles. The molecule has 0 unspecified atom stereocenters. The molecule has 1 amide bonds. The average molecular weight is 757 g/mol. The standard InChI is InChI=1S/C47H68N2O6/c1-3-5-7-9-11-15-30-49(31-16-12-10-8-6-4-2)35-43-33-44(40-24-22-37(36-50)23-25-40)55-47(54-43)41-28-26-39(27-29-41)42-19-17-18-38(32-42)34-48-45(51)20-13-14-21-46(52)53/h17-19,22-29,32,43-44,47,50H,3-16,20-21,30-31,33-36H2,1-2H3,(H,48,51)(H,52,53)/t43-,44+,47+/m1/s1. The number of amides is 1. The van der Waals surface area contributed by atoms with Gasteiger partial charge in [0.05, 0.1) is 18.8 Å². The van der Waals surface area contributed by atoms with Crippen LogP contribution in [-0.2, 0) is 32.2 Å². The lowest BCUT2D eigenvalue weighted by Crippen LogP contribution is -2.40. The molecule has 0 spiro atoms. The van der Waals surface area contributed by atoms with Crippen molar-refractivity contribution in [2.75, 3.05) is 19.6 Å². The van der Waals surface area contributed by atoms with Gasteiger partial charge in [-0.2, -0.15) is 0 Å². The van der Waals surface area contributed by atoms with Crippen LogP contribution in [0.1, 0.15) is 158 Å². The van der Waals surface area contributed by atoms with Crippen molar-refractivity contribution >= 4 is 11.9 Å². The summed E-state index contributed by atoms with van der Waals surface area (Å²) in [6, 6.07) is 24.7. The Bertz CT molecular complexity index is 1490. The largest absolute Gasteiger partial charge is 0.481 e. The predicted octanol–water partition coefficient (Wildman–Crippen LogP) is 10.7. The Morgan fingerprint density at radius 3 is 1.95 bits per heavy atom. The van der Waals surface area contributed by atoms with Crippen molar-refractivity contribution in [2.24, 2.45) is 0 Å². The fourth-order valence-corrected chi connectivity index (χ4v) is 7.39. The summed E-state index contributed by atoms with van der Waals surface area (Å²) in [5.74, 6) is -0.899. The minimum absolute atomic E-state index is 0.0187. The van der Waals surface area contributed by atoms with Gasteiger partial charge in [-0.1, -0.05) is 145 Å². The normalized spacial score (nSPS) is 17.1. The molecule has 0 radical (unpaired) electrons. The minimum atomic E-state index is -0.831. The molecule has 3 atom stereocenters. The molecule has 302 valence electrons. The third kappa shape index (κ3) is 16.6. The SMILES string of the molecule is CCCCCCCCN(CCCCCCCC)C[C@H]1C[C@@H](c2ccc(CO)cc2)O[C@@H](c2ccc(-c3cccc(CNC(=O)CCCCC(=O)O)c3)cc2)O1. The third-order valence-electron chi connectivity index (χ3n) is 10.7. The van der Waals surface area contributed by atoms with E-state index >= 15 is 0 Å². The van der Waals surface area contributed by atoms with E-state index in [0.29, 0.717) is 25.8 Å². The van der Waals surface area contributed by atoms with E-state index in [0.717, 1.165) is 59.4 Å². The van der Waals surface area contributed by atoms with Crippen LogP contribution >= 0.6 is 0 Å². The fourth-order valence-electron chi connectivity index (χ4n) is 7.39. The Morgan fingerprint density at radius 1 is 0.691 bits per heavy atom.